The lowest BCUT2D eigenvalue weighted by atomic mass is 10.1. The summed E-state index contributed by atoms with van der Waals surface area (Å²) in [5.41, 5.74) is 2.99. The Morgan fingerprint density at radius 3 is 2.85 bits per heavy atom. The van der Waals surface area contributed by atoms with Gasteiger partial charge in [-0.3, -0.25) is 0 Å². The van der Waals surface area contributed by atoms with E-state index in [9.17, 15) is 0 Å². The monoisotopic (exact) mass is 387 g/mol. The lowest BCUT2D eigenvalue weighted by Crippen LogP contribution is -2.21. The van der Waals surface area contributed by atoms with Crippen LogP contribution in [0.3, 0.4) is 0 Å². The molecule has 0 saturated heterocycles. The highest BCUT2D eigenvalue weighted by molar-refractivity contribution is 9.11. The minimum absolute atomic E-state index is 0.350. The van der Waals surface area contributed by atoms with Crippen molar-refractivity contribution < 1.29 is 0 Å². The van der Waals surface area contributed by atoms with Crippen LogP contribution < -0.4 is 5.32 Å². The van der Waals surface area contributed by atoms with Crippen LogP contribution in [0.4, 0.5) is 0 Å². The molecule has 0 fully saturated rings. The third kappa shape index (κ3) is 3.02. The number of halogens is 1. The molecule has 20 heavy (non-hydrogen) atoms. The molecule has 2 aromatic heterocycles. The van der Waals surface area contributed by atoms with Gasteiger partial charge in [-0.15, -0.1) is 22.7 Å². The Bertz CT molecular complexity index is 579. The highest BCUT2D eigenvalue weighted by Crippen LogP contribution is 2.39. The van der Waals surface area contributed by atoms with Gasteiger partial charge in [0, 0.05) is 20.4 Å². The Morgan fingerprint density at radius 2 is 2.20 bits per heavy atom. The van der Waals surface area contributed by atoms with Gasteiger partial charge in [0.25, 0.3) is 0 Å². The molecule has 1 unspecified atom stereocenters. The predicted octanol–water partition coefficient (Wildman–Crippen LogP) is 5.37. The van der Waals surface area contributed by atoms with Crippen molar-refractivity contribution in [2.75, 3.05) is 12.3 Å². The molecule has 0 amide bonds. The molecule has 0 bridgehead atoms. The topological polar surface area (TPSA) is 12.0 Å². The standard InChI is InChI=1S/C15H18BrNS3/c1-3-17-15(11-7-14(16)19-9(11)2)13-6-10-8-18-5-4-12(10)20-13/h6-7,15,17H,3-5,8H2,1-2H3. The number of fused-ring (bicyclic) bond motifs is 1. The van der Waals surface area contributed by atoms with Gasteiger partial charge in [-0.1, -0.05) is 6.92 Å². The number of hydrogen-bond acceptors (Lipinski definition) is 4. The highest BCUT2D eigenvalue weighted by atomic mass is 79.9. The first-order chi connectivity index (χ1) is 9.69. The van der Waals surface area contributed by atoms with Crippen molar-refractivity contribution in [2.24, 2.45) is 0 Å². The fourth-order valence-electron chi connectivity index (χ4n) is 2.63. The van der Waals surface area contributed by atoms with E-state index >= 15 is 0 Å². The molecule has 1 aliphatic heterocycles. The third-order valence-electron chi connectivity index (χ3n) is 3.58. The van der Waals surface area contributed by atoms with Crippen molar-refractivity contribution in [3.8, 4) is 0 Å². The Balaban J connectivity index is 1.98. The van der Waals surface area contributed by atoms with E-state index in [1.807, 2.05) is 22.7 Å². The second-order valence-electron chi connectivity index (χ2n) is 4.95. The molecule has 0 radical (unpaired) electrons. The molecular formula is C15H18BrNS3. The number of hydrogen-bond donors (Lipinski definition) is 1. The molecule has 3 rings (SSSR count). The summed E-state index contributed by atoms with van der Waals surface area (Å²) in [6.07, 6.45) is 1.25. The number of aryl methyl sites for hydroxylation is 2. The summed E-state index contributed by atoms with van der Waals surface area (Å²) in [6, 6.07) is 5.06. The SMILES string of the molecule is CCNC(c1cc2c(s1)CCSC2)c1cc(Br)sc1C. The van der Waals surface area contributed by atoms with Gasteiger partial charge in [-0.05, 0) is 64.8 Å². The van der Waals surface area contributed by atoms with Crippen LogP contribution in [0.25, 0.3) is 0 Å². The van der Waals surface area contributed by atoms with Crippen LogP contribution in [0.15, 0.2) is 15.9 Å². The smallest absolute Gasteiger partial charge is 0.0704 e. The normalized spacial score (nSPS) is 16.1. The maximum absolute atomic E-state index is 3.67. The summed E-state index contributed by atoms with van der Waals surface area (Å²) in [7, 11) is 0. The molecule has 1 atom stereocenters. The summed E-state index contributed by atoms with van der Waals surface area (Å²) in [5.74, 6) is 2.47. The second-order valence-corrected chi connectivity index (χ2v) is 9.86. The van der Waals surface area contributed by atoms with Crippen LogP contribution in [0.2, 0.25) is 0 Å². The van der Waals surface area contributed by atoms with Gasteiger partial charge in [0.15, 0.2) is 0 Å². The van der Waals surface area contributed by atoms with Crippen LogP contribution in [0, 0.1) is 6.92 Å². The van der Waals surface area contributed by atoms with Gasteiger partial charge in [0.1, 0.15) is 0 Å². The lowest BCUT2D eigenvalue weighted by Gasteiger charge is -2.16. The first-order valence-electron chi connectivity index (χ1n) is 6.87. The Kier molecular flexibility index (Phi) is 4.93. The van der Waals surface area contributed by atoms with E-state index in [1.165, 1.54) is 37.0 Å². The fourth-order valence-corrected chi connectivity index (χ4v) is 6.84. The second kappa shape index (κ2) is 6.53. The van der Waals surface area contributed by atoms with Crippen LogP contribution in [0.1, 0.15) is 38.7 Å². The molecule has 0 aromatic carbocycles. The average molecular weight is 388 g/mol. The van der Waals surface area contributed by atoms with Gasteiger partial charge >= 0.3 is 0 Å². The van der Waals surface area contributed by atoms with Gasteiger partial charge in [0.2, 0.25) is 0 Å². The summed E-state index contributed by atoms with van der Waals surface area (Å²) in [5, 5.41) is 3.67. The van der Waals surface area contributed by atoms with Crippen molar-refractivity contribution in [1.82, 2.24) is 5.32 Å². The maximum atomic E-state index is 3.67. The van der Waals surface area contributed by atoms with Crippen LogP contribution in [0.5, 0.6) is 0 Å². The van der Waals surface area contributed by atoms with Crippen LogP contribution in [-0.4, -0.2) is 12.3 Å². The van der Waals surface area contributed by atoms with E-state index in [4.69, 9.17) is 0 Å². The molecule has 0 aliphatic carbocycles. The number of thioether (sulfide) groups is 1. The molecule has 1 N–H and O–H groups in total. The molecule has 108 valence electrons. The molecular weight excluding hydrogens is 370 g/mol. The first-order valence-corrected chi connectivity index (χ1v) is 10.5. The summed E-state index contributed by atoms with van der Waals surface area (Å²) in [4.78, 5) is 4.49. The molecule has 3 heterocycles. The van der Waals surface area contributed by atoms with Gasteiger partial charge in [0.05, 0.1) is 9.83 Å². The highest BCUT2D eigenvalue weighted by Gasteiger charge is 2.22. The minimum atomic E-state index is 0.350. The number of nitrogens with one attached hydrogen (secondary N) is 1. The largest absolute Gasteiger partial charge is 0.306 e. The van der Waals surface area contributed by atoms with Crippen molar-refractivity contribution >= 4 is 50.4 Å². The van der Waals surface area contributed by atoms with Crippen molar-refractivity contribution in [3.05, 3.63) is 41.7 Å². The van der Waals surface area contributed by atoms with Crippen molar-refractivity contribution in [2.45, 2.75) is 32.1 Å². The zero-order valence-electron chi connectivity index (χ0n) is 11.7. The van der Waals surface area contributed by atoms with Crippen LogP contribution in [-0.2, 0) is 12.2 Å². The quantitative estimate of drug-likeness (QED) is 0.756. The molecule has 5 heteroatoms. The van der Waals surface area contributed by atoms with Crippen molar-refractivity contribution in [1.29, 1.82) is 0 Å². The number of rotatable bonds is 4. The predicted molar refractivity (Wildman–Crippen MR) is 96.5 cm³/mol. The molecule has 0 spiro atoms. The molecule has 1 nitrogen and oxygen atoms in total. The first kappa shape index (κ1) is 15.1. The van der Waals surface area contributed by atoms with E-state index < -0.39 is 0 Å². The van der Waals surface area contributed by atoms with Gasteiger partial charge in [-0.25, -0.2) is 0 Å². The summed E-state index contributed by atoms with van der Waals surface area (Å²) >= 11 is 9.52. The Morgan fingerprint density at radius 1 is 1.35 bits per heavy atom. The summed E-state index contributed by atoms with van der Waals surface area (Å²) in [6.45, 7) is 5.40. The zero-order chi connectivity index (χ0) is 14.1. The zero-order valence-corrected chi connectivity index (χ0v) is 15.7. The van der Waals surface area contributed by atoms with E-state index in [0.717, 1.165) is 6.54 Å². The minimum Gasteiger partial charge on any atom is -0.306 e. The maximum Gasteiger partial charge on any atom is 0.0704 e. The Labute approximate surface area is 141 Å². The Hall–Kier alpha value is 0.190. The van der Waals surface area contributed by atoms with Crippen LogP contribution >= 0.6 is 50.4 Å². The van der Waals surface area contributed by atoms with Crippen molar-refractivity contribution in [3.63, 3.8) is 0 Å². The molecule has 2 aromatic rings. The fraction of sp³-hybridized carbons (Fsp3) is 0.467. The van der Waals surface area contributed by atoms with E-state index in [0.29, 0.717) is 6.04 Å². The van der Waals surface area contributed by atoms with E-state index in [-0.39, 0.29) is 0 Å². The summed E-state index contributed by atoms with van der Waals surface area (Å²) < 4.78 is 1.23. The van der Waals surface area contributed by atoms with E-state index in [2.05, 4.69) is 59.0 Å². The number of thiophene rings is 2. The van der Waals surface area contributed by atoms with E-state index in [1.54, 1.807) is 10.4 Å². The third-order valence-corrected chi connectivity index (χ3v) is 7.46. The van der Waals surface area contributed by atoms with Gasteiger partial charge in [-0.2, -0.15) is 11.8 Å². The lowest BCUT2D eigenvalue weighted by molar-refractivity contribution is 0.638. The molecule has 0 saturated carbocycles. The van der Waals surface area contributed by atoms with Gasteiger partial charge < -0.3 is 5.32 Å². The molecule has 1 aliphatic rings. The average Bonchev–Trinajstić information content (AvgIpc) is 2.99.